The first-order valence-electron chi connectivity index (χ1n) is 5.66. The van der Waals surface area contributed by atoms with E-state index < -0.39 is 0 Å². The maximum Gasteiger partial charge on any atom is 0.0929 e. The van der Waals surface area contributed by atoms with Crippen LogP contribution in [0.15, 0.2) is 5.38 Å². The summed E-state index contributed by atoms with van der Waals surface area (Å²) in [5, 5.41) is 3.47. The Morgan fingerprint density at radius 3 is 3.20 bits per heavy atom. The Morgan fingerprint density at radius 2 is 2.53 bits per heavy atom. The number of nitrogens with two attached hydrogens (primary N) is 1. The van der Waals surface area contributed by atoms with Crippen molar-refractivity contribution in [1.29, 1.82) is 0 Å². The number of aromatic nitrogens is 1. The van der Waals surface area contributed by atoms with Gasteiger partial charge in [-0.2, -0.15) is 0 Å². The van der Waals surface area contributed by atoms with E-state index in [-0.39, 0.29) is 0 Å². The predicted octanol–water partition coefficient (Wildman–Crippen LogP) is 1.80. The average molecular weight is 225 g/mol. The second-order valence-electron chi connectivity index (χ2n) is 4.20. The minimum atomic E-state index is 0.563. The van der Waals surface area contributed by atoms with Crippen molar-refractivity contribution in [2.24, 2.45) is 5.73 Å². The Balaban J connectivity index is 1.99. The minimum absolute atomic E-state index is 0.563. The zero-order valence-electron chi connectivity index (χ0n) is 9.28. The molecule has 3 nitrogen and oxygen atoms in total. The van der Waals surface area contributed by atoms with Crippen molar-refractivity contribution < 1.29 is 0 Å². The molecule has 2 N–H and O–H groups in total. The highest BCUT2D eigenvalue weighted by Crippen LogP contribution is 2.30. The molecule has 4 heteroatoms. The number of rotatable bonds is 4. The summed E-state index contributed by atoms with van der Waals surface area (Å²) >= 11 is 1.79. The van der Waals surface area contributed by atoms with Crippen molar-refractivity contribution in [3.8, 4) is 0 Å². The van der Waals surface area contributed by atoms with Crippen molar-refractivity contribution >= 4 is 11.3 Å². The second-order valence-corrected chi connectivity index (χ2v) is 5.14. The SMILES string of the molecule is CN1CCCC1c1csc(CCCN)n1. The van der Waals surface area contributed by atoms with Crippen LogP contribution in [0, 0.1) is 0 Å². The lowest BCUT2D eigenvalue weighted by molar-refractivity contribution is 0.312. The molecule has 1 aliphatic heterocycles. The van der Waals surface area contributed by atoms with Crippen LogP contribution < -0.4 is 5.73 Å². The van der Waals surface area contributed by atoms with E-state index in [4.69, 9.17) is 10.7 Å². The van der Waals surface area contributed by atoms with E-state index in [9.17, 15) is 0 Å². The zero-order valence-corrected chi connectivity index (χ0v) is 10.1. The lowest BCUT2D eigenvalue weighted by atomic mass is 10.2. The molecule has 1 fully saturated rings. The van der Waals surface area contributed by atoms with Gasteiger partial charge in [0.1, 0.15) is 0 Å². The number of aryl methyl sites for hydroxylation is 1. The Bertz CT molecular complexity index is 311. The molecule has 0 aromatic carbocycles. The molecule has 2 heterocycles. The molecule has 1 unspecified atom stereocenters. The molecule has 84 valence electrons. The van der Waals surface area contributed by atoms with Crippen LogP contribution in [0.1, 0.15) is 36.0 Å². The third-order valence-corrected chi connectivity index (χ3v) is 3.95. The van der Waals surface area contributed by atoms with Gasteiger partial charge in [0.2, 0.25) is 0 Å². The summed E-state index contributed by atoms with van der Waals surface area (Å²) in [6.45, 7) is 1.97. The first-order chi connectivity index (χ1) is 7.31. The van der Waals surface area contributed by atoms with E-state index in [1.165, 1.54) is 30.1 Å². The van der Waals surface area contributed by atoms with Gasteiger partial charge in [0.15, 0.2) is 0 Å². The lowest BCUT2D eigenvalue weighted by Crippen LogP contribution is -2.17. The van der Waals surface area contributed by atoms with Gasteiger partial charge in [-0.05, 0) is 39.4 Å². The maximum absolute atomic E-state index is 5.50. The van der Waals surface area contributed by atoms with Gasteiger partial charge in [-0.3, -0.25) is 4.90 Å². The zero-order chi connectivity index (χ0) is 10.7. The topological polar surface area (TPSA) is 42.1 Å². The fourth-order valence-corrected chi connectivity index (χ4v) is 3.02. The van der Waals surface area contributed by atoms with Gasteiger partial charge in [0.25, 0.3) is 0 Å². The molecule has 2 rings (SSSR count). The van der Waals surface area contributed by atoms with Gasteiger partial charge in [-0.15, -0.1) is 11.3 Å². The van der Waals surface area contributed by atoms with Gasteiger partial charge in [-0.25, -0.2) is 4.98 Å². The number of likely N-dealkylation sites (tertiary alicyclic amines) is 1. The van der Waals surface area contributed by atoms with Crippen LogP contribution in [-0.2, 0) is 6.42 Å². The molecule has 1 aliphatic rings. The van der Waals surface area contributed by atoms with E-state index in [2.05, 4.69) is 17.3 Å². The molecule has 15 heavy (non-hydrogen) atoms. The van der Waals surface area contributed by atoms with Crippen molar-refractivity contribution in [1.82, 2.24) is 9.88 Å². The van der Waals surface area contributed by atoms with Crippen LogP contribution in [0.5, 0.6) is 0 Å². The smallest absolute Gasteiger partial charge is 0.0929 e. The quantitative estimate of drug-likeness (QED) is 0.849. The first kappa shape index (κ1) is 11.0. The summed E-state index contributed by atoms with van der Waals surface area (Å²) < 4.78 is 0. The average Bonchev–Trinajstić information content (AvgIpc) is 2.83. The minimum Gasteiger partial charge on any atom is -0.330 e. The number of nitrogens with zero attached hydrogens (tertiary/aromatic N) is 2. The molecular formula is C11H19N3S. The number of hydrogen-bond acceptors (Lipinski definition) is 4. The van der Waals surface area contributed by atoms with Gasteiger partial charge < -0.3 is 5.73 Å². The molecule has 0 spiro atoms. The fraction of sp³-hybridized carbons (Fsp3) is 0.727. The van der Waals surface area contributed by atoms with Gasteiger partial charge in [0, 0.05) is 11.8 Å². The van der Waals surface area contributed by atoms with E-state index in [0.717, 1.165) is 19.4 Å². The van der Waals surface area contributed by atoms with E-state index in [1.54, 1.807) is 11.3 Å². The second kappa shape index (κ2) is 5.05. The maximum atomic E-state index is 5.50. The predicted molar refractivity (Wildman–Crippen MR) is 64.1 cm³/mol. The number of hydrogen-bond donors (Lipinski definition) is 1. The van der Waals surface area contributed by atoms with Crippen LogP contribution in [-0.4, -0.2) is 30.0 Å². The standard InChI is InChI=1S/C11H19N3S/c1-14-7-3-4-10(14)9-8-15-11(13-9)5-2-6-12/h8,10H,2-7,12H2,1H3. The molecule has 0 aliphatic carbocycles. The van der Waals surface area contributed by atoms with Crippen LogP contribution in [0.4, 0.5) is 0 Å². The largest absolute Gasteiger partial charge is 0.330 e. The van der Waals surface area contributed by atoms with Crippen LogP contribution in [0.25, 0.3) is 0 Å². The molecule has 0 amide bonds. The molecule has 1 saturated heterocycles. The Labute approximate surface area is 95.3 Å². The number of thiazole rings is 1. The van der Waals surface area contributed by atoms with Gasteiger partial charge in [-0.1, -0.05) is 0 Å². The Kier molecular flexibility index (Phi) is 3.72. The normalized spacial score (nSPS) is 22.4. The van der Waals surface area contributed by atoms with Crippen LogP contribution in [0.2, 0.25) is 0 Å². The third-order valence-electron chi connectivity index (χ3n) is 3.03. The molecule has 1 aromatic heterocycles. The van der Waals surface area contributed by atoms with Crippen LogP contribution in [0.3, 0.4) is 0 Å². The van der Waals surface area contributed by atoms with Crippen molar-refractivity contribution in [3.05, 3.63) is 16.1 Å². The monoisotopic (exact) mass is 225 g/mol. The molecule has 1 atom stereocenters. The highest BCUT2D eigenvalue weighted by molar-refractivity contribution is 7.09. The van der Waals surface area contributed by atoms with E-state index in [0.29, 0.717) is 6.04 Å². The van der Waals surface area contributed by atoms with Gasteiger partial charge >= 0.3 is 0 Å². The van der Waals surface area contributed by atoms with E-state index >= 15 is 0 Å². The van der Waals surface area contributed by atoms with E-state index in [1.807, 2.05) is 0 Å². The Hall–Kier alpha value is -0.450. The first-order valence-corrected chi connectivity index (χ1v) is 6.54. The summed E-state index contributed by atoms with van der Waals surface area (Å²) in [4.78, 5) is 7.11. The van der Waals surface area contributed by atoms with Gasteiger partial charge in [0.05, 0.1) is 16.7 Å². The third kappa shape index (κ3) is 2.56. The van der Waals surface area contributed by atoms with Crippen molar-refractivity contribution in [2.45, 2.75) is 31.7 Å². The summed E-state index contributed by atoms with van der Waals surface area (Å²) in [7, 11) is 2.19. The molecule has 0 bridgehead atoms. The molecule has 0 radical (unpaired) electrons. The summed E-state index contributed by atoms with van der Waals surface area (Å²) in [5.41, 5.74) is 6.77. The van der Waals surface area contributed by atoms with Crippen molar-refractivity contribution in [2.75, 3.05) is 20.1 Å². The molecule has 1 aromatic rings. The lowest BCUT2D eigenvalue weighted by Gasteiger charge is -2.16. The molecule has 0 saturated carbocycles. The van der Waals surface area contributed by atoms with Crippen LogP contribution >= 0.6 is 11.3 Å². The fourth-order valence-electron chi connectivity index (χ4n) is 2.13. The Morgan fingerprint density at radius 1 is 1.67 bits per heavy atom. The molecular weight excluding hydrogens is 206 g/mol. The summed E-state index contributed by atoms with van der Waals surface area (Å²) in [5.74, 6) is 0. The summed E-state index contributed by atoms with van der Waals surface area (Å²) in [6.07, 6.45) is 4.65. The summed E-state index contributed by atoms with van der Waals surface area (Å²) in [6, 6.07) is 0.563. The highest BCUT2D eigenvalue weighted by atomic mass is 32.1. The highest BCUT2D eigenvalue weighted by Gasteiger charge is 2.24. The van der Waals surface area contributed by atoms with Crippen molar-refractivity contribution in [3.63, 3.8) is 0 Å².